The van der Waals surface area contributed by atoms with Crippen molar-refractivity contribution in [2.24, 2.45) is 0 Å². The summed E-state index contributed by atoms with van der Waals surface area (Å²) in [6, 6.07) is 1.60. The molecule has 4 nitrogen and oxygen atoms in total. The molecule has 5 heteroatoms. The number of H-pyrrole nitrogens is 1. The Balaban J connectivity index is 2.87. The Morgan fingerprint density at radius 2 is 2.36 bits per heavy atom. The van der Waals surface area contributed by atoms with Gasteiger partial charge in [-0.15, -0.1) is 5.10 Å². The van der Waals surface area contributed by atoms with Gasteiger partial charge in [-0.2, -0.15) is 0 Å². The van der Waals surface area contributed by atoms with Crippen molar-refractivity contribution >= 4 is 22.6 Å². The summed E-state index contributed by atoms with van der Waals surface area (Å²) < 4.78 is 0. The second kappa shape index (κ2) is 2.10. The molecule has 2 aromatic heterocycles. The summed E-state index contributed by atoms with van der Waals surface area (Å²) in [5.41, 5.74) is 0.534. The number of rotatable bonds is 0. The fraction of sp³-hybridized carbons (Fsp3) is 0. The molecule has 2 N–H and O–H groups in total. The van der Waals surface area contributed by atoms with Gasteiger partial charge in [-0.1, -0.05) is 11.6 Å². The predicted molar refractivity (Wildman–Crippen MR) is 40.6 cm³/mol. The maximum absolute atomic E-state index is 9.09. The van der Waals surface area contributed by atoms with Crippen LogP contribution in [-0.2, 0) is 0 Å². The topological polar surface area (TPSA) is 61.8 Å². The molecule has 0 unspecified atom stereocenters. The van der Waals surface area contributed by atoms with E-state index in [1.807, 2.05) is 0 Å². The molecule has 0 aliphatic heterocycles. The lowest BCUT2D eigenvalue weighted by Gasteiger charge is -1.88. The minimum absolute atomic E-state index is 0.0741. The van der Waals surface area contributed by atoms with Crippen LogP contribution in [0.4, 0.5) is 0 Å². The van der Waals surface area contributed by atoms with Crippen LogP contribution >= 0.6 is 11.6 Å². The van der Waals surface area contributed by atoms with Crippen molar-refractivity contribution in [2.75, 3.05) is 0 Å². The smallest absolute Gasteiger partial charge is 0.239 e. The number of aromatic nitrogens is 3. The zero-order valence-corrected chi connectivity index (χ0v) is 6.13. The summed E-state index contributed by atoms with van der Waals surface area (Å²) in [5.74, 6) is -0.0741. The molecule has 0 bridgehead atoms. The monoisotopic (exact) mass is 169 g/mol. The van der Waals surface area contributed by atoms with Crippen molar-refractivity contribution in [3.05, 3.63) is 17.3 Å². The Morgan fingerprint density at radius 3 is 3.18 bits per heavy atom. The van der Waals surface area contributed by atoms with Gasteiger partial charge in [0.05, 0.1) is 10.4 Å². The zero-order valence-electron chi connectivity index (χ0n) is 5.37. The van der Waals surface area contributed by atoms with Gasteiger partial charge >= 0.3 is 0 Å². The number of hydrogen-bond donors (Lipinski definition) is 2. The molecule has 0 saturated carbocycles. The molecule has 11 heavy (non-hydrogen) atoms. The number of fused-ring (bicyclic) bond motifs is 1. The quantitative estimate of drug-likeness (QED) is 0.625. The van der Waals surface area contributed by atoms with Crippen molar-refractivity contribution < 1.29 is 5.11 Å². The lowest BCUT2D eigenvalue weighted by molar-refractivity contribution is 0.457. The normalized spacial score (nSPS) is 10.6. The third-order valence-electron chi connectivity index (χ3n) is 1.36. The van der Waals surface area contributed by atoms with Crippen LogP contribution in [0.15, 0.2) is 12.3 Å². The standard InChI is InChI=1S/C6H4ClN3O/c7-3-1-4-5(8-2-3)9-10-6(4)11/h1-2H,(H2,8,9,10,11). The molecule has 0 radical (unpaired) electrons. The first-order valence-electron chi connectivity index (χ1n) is 2.96. The number of aromatic hydroxyl groups is 1. The first-order chi connectivity index (χ1) is 5.27. The number of nitrogens with one attached hydrogen (secondary N) is 1. The average molecular weight is 170 g/mol. The SMILES string of the molecule is Oc1n[nH]c2ncc(Cl)cc12. The number of aromatic amines is 1. The van der Waals surface area contributed by atoms with Crippen LogP contribution in [0.1, 0.15) is 0 Å². The highest BCUT2D eigenvalue weighted by Crippen LogP contribution is 2.21. The van der Waals surface area contributed by atoms with Crippen LogP contribution in [0.25, 0.3) is 11.0 Å². The molecule has 0 aromatic carbocycles. The van der Waals surface area contributed by atoms with E-state index < -0.39 is 0 Å². The Bertz CT molecular complexity index is 398. The minimum atomic E-state index is -0.0741. The molecule has 0 fully saturated rings. The zero-order chi connectivity index (χ0) is 7.84. The van der Waals surface area contributed by atoms with Crippen LogP contribution in [-0.4, -0.2) is 20.3 Å². The van der Waals surface area contributed by atoms with Crippen LogP contribution < -0.4 is 0 Å². The van der Waals surface area contributed by atoms with Crippen molar-refractivity contribution in [3.8, 4) is 5.88 Å². The molecule has 2 aromatic rings. The maximum Gasteiger partial charge on any atom is 0.239 e. The van der Waals surface area contributed by atoms with Gasteiger partial charge in [0.1, 0.15) is 0 Å². The van der Waals surface area contributed by atoms with Gasteiger partial charge in [-0.05, 0) is 6.07 Å². The number of halogens is 1. The number of nitrogens with zero attached hydrogens (tertiary/aromatic N) is 2. The molecule has 2 rings (SSSR count). The summed E-state index contributed by atoms with van der Waals surface area (Å²) in [4.78, 5) is 3.89. The first-order valence-corrected chi connectivity index (χ1v) is 3.34. The van der Waals surface area contributed by atoms with E-state index in [2.05, 4.69) is 15.2 Å². The second-order valence-electron chi connectivity index (χ2n) is 2.10. The van der Waals surface area contributed by atoms with E-state index in [0.717, 1.165) is 0 Å². The molecule has 0 aliphatic rings. The minimum Gasteiger partial charge on any atom is -0.492 e. The van der Waals surface area contributed by atoms with Gasteiger partial charge in [-0.3, -0.25) is 5.10 Å². The lowest BCUT2D eigenvalue weighted by Crippen LogP contribution is -1.74. The van der Waals surface area contributed by atoms with Crippen molar-refractivity contribution in [1.82, 2.24) is 15.2 Å². The summed E-state index contributed by atoms with van der Waals surface area (Å²) in [6.45, 7) is 0. The molecule has 0 saturated heterocycles. The van der Waals surface area contributed by atoms with Gasteiger partial charge in [-0.25, -0.2) is 4.98 Å². The average Bonchev–Trinajstić information content (AvgIpc) is 2.33. The van der Waals surface area contributed by atoms with Gasteiger partial charge in [0.25, 0.3) is 0 Å². The van der Waals surface area contributed by atoms with E-state index in [1.165, 1.54) is 6.20 Å². The largest absolute Gasteiger partial charge is 0.492 e. The molecule has 0 amide bonds. The highest BCUT2D eigenvalue weighted by atomic mass is 35.5. The Morgan fingerprint density at radius 1 is 1.55 bits per heavy atom. The summed E-state index contributed by atoms with van der Waals surface area (Å²) >= 11 is 5.63. The van der Waals surface area contributed by atoms with Gasteiger partial charge in [0.2, 0.25) is 5.88 Å². The molecule has 0 atom stereocenters. The van der Waals surface area contributed by atoms with E-state index in [0.29, 0.717) is 16.1 Å². The van der Waals surface area contributed by atoms with Crippen molar-refractivity contribution in [3.63, 3.8) is 0 Å². The predicted octanol–water partition coefficient (Wildman–Crippen LogP) is 1.32. The number of pyridine rings is 1. The molecule has 0 spiro atoms. The highest BCUT2D eigenvalue weighted by molar-refractivity contribution is 6.31. The fourth-order valence-corrected chi connectivity index (χ4v) is 1.02. The lowest BCUT2D eigenvalue weighted by atomic mass is 10.3. The van der Waals surface area contributed by atoms with E-state index in [4.69, 9.17) is 16.7 Å². The number of hydrogen-bond acceptors (Lipinski definition) is 3. The summed E-state index contributed by atoms with van der Waals surface area (Å²) in [6.07, 6.45) is 1.49. The molecule has 2 heterocycles. The third-order valence-corrected chi connectivity index (χ3v) is 1.57. The molecular weight excluding hydrogens is 166 g/mol. The highest BCUT2D eigenvalue weighted by Gasteiger charge is 2.03. The van der Waals surface area contributed by atoms with Crippen LogP contribution in [0.2, 0.25) is 5.02 Å². The van der Waals surface area contributed by atoms with E-state index in [9.17, 15) is 0 Å². The molecular formula is C6H4ClN3O. The van der Waals surface area contributed by atoms with Gasteiger partial charge < -0.3 is 5.11 Å². The molecule has 0 aliphatic carbocycles. The Kier molecular flexibility index (Phi) is 1.22. The van der Waals surface area contributed by atoms with Crippen LogP contribution in [0.5, 0.6) is 5.88 Å². The second-order valence-corrected chi connectivity index (χ2v) is 2.53. The van der Waals surface area contributed by atoms with Crippen LogP contribution in [0, 0.1) is 0 Å². The summed E-state index contributed by atoms with van der Waals surface area (Å²) in [5, 5.41) is 16.2. The van der Waals surface area contributed by atoms with Gasteiger partial charge in [0, 0.05) is 6.20 Å². The first kappa shape index (κ1) is 6.42. The Labute approximate surface area is 66.8 Å². The van der Waals surface area contributed by atoms with Crippen molar-refractivity contribution in [2.45, 2.75) is 0 Å². The van der Waals surface area contributed by atoms with Gasteiger partial charge in [0.15, 0.2) is 5.65 Å². The summed E-state index contributed by atoms with van der Waals surface area (Å²) in [7, 11) is 0. The Hall–Kier alpha value is -1.29. The van der Waals surface area contributed by atoms with Crippen molar-refractivity contribution in [1.29, 1.82) is 0 Å². The van der Waals surface area contributed by atoms with Crippen LogP contribution in [0.3, 0.4) is 0 Å². The fourth-order valence-electron chi connectivity index (χ4n) is 0.865. The maximum atomic E-state index is 9.09. The van der Waals surface area contributed by atoms with E-state index >= 15 is 0 Å². The van der Waals surface area contributed by atoms with E-state index in [-0.39, 0.29) is 5.88 Å². The third kappa shape index (κ3) is 0.914. The molecule has 56 valence electrons. The van der Waals surface area contributed by atoms with E-state index in [1.54, 1.807) is 6.07 Å².